The molecule has 3 nitrogen and oxygen atoms in total. The van der Waals surface area contributed by atoms with Crippen LogP contribution in [-0.2, 0) is 0 Å². The van der Waals surface area contributed by atoms with Gasteiger partial charge in [-0.15, -0.1) is 0 Å². The van der Waals surface area contributed by atoms with Crippen LogP contribution in [0.4, 0.5) is 5.69 Å². The molecular weight excluding hydrogens is 234 g/mol. The minimum absolute atomic E-state index is 0.330. The number of aromatic amines is 1. The summed E-state index contributed by atoms with van der Waals surface area (Å²) in [6.07, 6.45) is 1.11. The lowest BCUT2D eigenvalue weighted by Gasteiger charge is -2.22. The van der Waals surface area contributed by atoms with Crippen LogP contribution in [0.25, 0.3) is 0 Å². The number of nitrogens with zero attached hydrogens (tertiary/aromatic N) is 1. The van der Waals surface area contributed by atoms with Crippen molar-refractivity contribution in [2.45, 2.75) is 40.2 Å². The summed E-state index contributed by atoms with van der Waals surface area (Å²) in [4.78, 5) is 0. The molecule has 2 aromatic rings. The summed E-state index contributed by atoms with van der Waals surface area (Å²) >= 11 is 0. The first-order valence-electron chi connectivity index (χ1n) is 6.91. The average Bonchev–Trinajstić information content (AvgIpc) is 2.70. The van der Waals surface area contributed by atoms with Gasteiger partial charge in [-0.05, 0) is 31.7 Å². The highest BCUT2D eigenvalue weighted by Gasteiger charge is 2.16. The largest absolute Gasteiger partial charge is 0.375 e. The number of hydrogen-bond acceptors (Lipinski definition) is 2. The highest BCUT2D eigenvalue weighted by Crippen LogP contribution is 2.28. The summed E-state index contributed by atoms with van der Waals surface area (Å²) in [7, 11) is 0. The zero-order chi connectivity index (χ0) is 13.8. The van der Waals surface area contributed by atoms with Crippen LogP contribution < -0.4 is 5.32 Å². The molecule has 3 heteroatoms. The Morgan fingerprint density at radius 2 is 1.84 bits per heavy atom. The molecule has 0 saturated carbocycles. The van der Waals surface area contributed by atoms with Gasteiger partial charge in [-0.25, -0.2) is 0 Å². The van der Waals surface area contributed by atoms with Crippen LogP contribution in [-0.4, -0.2) is 10.2 Å². The van der Waals surface area contributed by atoms with E-state index in [2.05, 4.69) is 66.6 Å². The van der Waals surface area contributed by atoms with E-state index in [1.807, 2.05) is 6.92 Å². The Bertz CT molecular complexity index is 495. The number of aryl methyl sites for hydroxylation is 2. The van der Waals surface area contributed by atoms with Gasteiger partial charge in [0, 0.05) is 0 Å². The number of benzene rings is 1. The lowest BCUT2D eigenvalue weighted by molar-refractivity contribution is 0.530. The molecule has 0 aliphatic heterocycles. The Hall–Kier alpha value is -1.77. The maximum absolute atomic E-state index is 4.25. The average molecular weight is 257 g/mol. The van der Waals surface area contributed by atoms with E-state index in [4.69, 9.17) is 0 Å². The van der Waals surface area contributed by atoms with Gasteiger partial charge in [0.15, 0.2) is 0 Å². The Morgan fingerprint density at radius 3 is 2.37 bits per heavy atom. The lowest BCUT2D eigenvalue weighted by Crippen LogP contribution is -2.14. The molecule has 0 radical (unpaired) electrons. The molecule has 1 aromatic heterocycles. The van der Waals surface area contributed by atoms with Crippen LogP contribution in [0.5, 0.6) is 0 Å². The predicted molar refractivity (Wildman–Crippen MR) is 80.3 cm³/mol. The molecule has 2 N–H and O–H groups in total. The molecule has 0 spiro atoms. The predicted octanol–water partition coefficient (Wildman–Crippen LogP) is 4.23. The SMILES string of the molecule is Cc1n[nH]c(C)c1NC(CC(C)C)c1ccccc1. The van der Waals surface area contributed by atoms with Gasteiger partial charge in [-0.3, -0.25) is 5.10 Å². The molecule has 0 bridgehead atoms. The van der Waals surface area contributed by atoms with Crippen LogP contribution in [0.2, 0.25) is 0 Å². The van der Waals surface area contributed by atoms with Crippen molar-refractivity contribution in [2.75, 3.05) is 5.32 Å². The number of nitrogens with one attached hydrogen (secondary N) is 2. The van der Waals surface area contributed by atoms with Crippen molar-refractivity contribution in [2.24, 2.45) is 5.92 Å². The van der Waals surface area contributed by atoms with E-state index in [-0.39, 0.29) is 0 Å². The van der Waals surface area contributed by atoms with Crippen molar-refractivity contribution in [3.63, 3.8) is 0 Å². The highest BCUT2D eigenvalue weighted by atomic mass is 15.2. The van der Waals surface area contributed by atoms with Crippen LogP contribution in [0, 0.1) is 19.8 Å². The van der Waals surface area contributed by atoms with E-state index < -0.39 is 0 Å². The van der Waals surface area contributed by atoms with Gasteiger partial charge in [0.1, 0.15) is 0 Å². The fourth-order valence-electron chi connectivity index (χ4n) is 2.37. The van der Waals surface area contributed by atoms with Gasteiger partial charge in [0.25, 0.3) is 0 Å². The molecular formula is C16H23N3. The van der Waals surface area contributed by atoms with Crippen molar-refractivity contribution in [3.8, 4) is 0 Å². The first-order valence-corrected chi connectivity index (χ1v) is 6.91. The second-order valence-electron chi connectivity index (χ2n) is 5.55. The van der Waals surface area contributed by atoms with Crippen molar-refractivity contribution >= 4 is 5.69 Å². The van der Waals surface area contributed by atoms with Crippen molar-refractivity contribution in [3.05, 3.63) is 47.3 Å². The number of aromatic nitrogens is 2. The summed E-state index contributed by atoms with van der Waals surface area (Å²) in [6, 6.07) is 11.0. The van der Waals surface area contributed by atoms with Crippen molar-refractivity contribution in [1.82, 2.24) is 10.2 Å². The van der Waals surface area contributed by atoms with Crippen LogP contribution >= 0.6 is 0 Å². The topological polar surface area (TPSA) is 40.7 Å². The van der Waals surface area contributed by atoms with E-state index in [0.29, 0.717) is 12.0 Å². The summed E-state index contributed by atoms with van der Waals surface area (Å²) < 4.78 is 0. The second kappa shape index (κ2) is 5.91. The number of anilines is 1. The van der Waals surface area contributed by atoms with E-state index in [1.165, 1.54) is 5.56 Å². The zero-order valence-electron chi connectivity index (χ0n) is 12.2. The lowest BCUT2D eigenvalue weighted by atomic mass is 9.96. The minimum Gasteiger partial charge on any atom is -0.375 e. The highest BCUT2D eigenvalue weighted by molar-refractivity contribution is 5.53. The van der Waals surface area contributed by atoms with Gasteiger partial charge in [-0.2, -0.15) is 5.10 Å². The second-order valence-corrected chi connectivity index (χ2v) is 5.55. The molecule has 0 amide bonds. The summed E-state index contributed by atoms with van der Waals surface area (Å²) in [6.45, 7) is 8.60. The third kappa shape index (κ3) is 3.37. The third-order valence-electron chi connectivity index (χ3n) is 3.36. The summed E-state index contributed by atoms with van der Waals surface area (Å²) in [5.41, 5.74) is 4.59. The van der Waals surface area contributed by atoms with Gasteiger partial charge < -0.3 is 5.32 Å². The van der Waals surface area contributed by atoms with Gasteiger partial charge in [-0.1, -0.05) is 44.2 Å². The van der Waals surface area contributed by atoms with Gasteiger partial charge >= 0.3 is 0 Å². The molecule has 102 valence electrons. The van der Waals surface area contributed by atoms with Crippen LogP contribution in [0.1, 0.15) is 43.3 Å². The summed E-state index contributed by atoms with van der Waals surface area (Å²) in [5.74, 6) is 0.644. The van der Waals surface area contributed by atoms with Crippen LogP contribution in [0.15, 0.2) is 30.3 Å². The standard InChI is InChI=1S/C16H23N3/c1-11(2)10-15(14-8-6-5-7-9-14)17-16-12(3)18-19-13(16)4/h5-9,11,15,17H,10H2,1-4H3,(H,18,19). The molecule has 1 atom stereocenters. The first-order chi connectivity index (χ1) is 9.08. The first kappa shape index (κ1) is 13.7. The molecule has 0 aliphatic rings. The molecule has 1 heterocycles. The normalized spacial score (nSPS) is 12.7. The van der Waals surface area contributed by atoms with Gasteiger partial charge in [0.2, 0.25) is 0 Å². The molecule has 0 aliphatic carbocycles. The molecule has 0 saturated heterocycles. The van der Waals surface area contributed by atoms with Gasteiger partial charge in [0.05, 0.1) is 23.1 Å². The third-order valence-corrected chi connectivity index (χ3v) is 3.36. The van der Waals surface area contributed by atoms with E-state index in [9.17, 15) is 0 Å². The number of rotatable bonds is 5. The number of H-pyrrole nitrogens is 1. The Balaban J connectivity index is 2.24. The Labute approximate surface area is 115 Å². The maximum Gasteiger partial charge on any atom is 0.0825 e. The monoisotopic (exact) mass is 257 g/mol. The fraction of sp³-hybridized carbons (Fsp3) is 0.438. The molecule has 0 fully saturated rings. The Kier molecular flexibility index (Phi) is 4.25. The smallest absolute Gasteiger partial charge is 0.0825 e. The molecule has 1 aromatic carbocycles. The van der Waals surface area contributed by atoms with E-state index >= 15 is 0 Å². The number of hydrogen-bond donors (Lipinski definition) is 2. The van der Waals surface area contributed by atoms with Crippen molar-refractivity contribution in [1.29, 1.82) is 0 Å². The van der Waals surface area contributed by atoms with E-state index in [0.717, 1.165) is 23.5 Å². The zero-order valence-corrected chi connectivity index (χ0v) is 12.2. The van der Waals surface area contributed by atoms with Crippen LogP contribution in [0.3, 0.4) is 0 Å². The maximum atomic E-state index is 4.25. The molecule has 1 unspecified atom stereocenters. The molecule has 2 rings (SSSR count). The minimum atomic E-state index is 0.330. The summed E-state index contributed by atoms with van der Waals surface area (Å²) in [5, 5.41) is 10.9. The quantitative estimate of drug-likeness (QED) is 0.841. The fourth-order valence-corrected chi connectivity index (χ4v) is 2.37. The van der Waals surface area contributed by atoms with E-state index in [1.54, 1.807) is 0 Å². The Morgan fingerprint density at radius 1 is 1.16 bits per heavy atom. The van der Waals surface area contributed by atoms with Crippen molar-refractivity contribution < 1.29 is 0 Å². The molecule has 19 heavy (non-hydrogen) atoms.